The Morgan fingerprint density at radius 1 is 1.13 bits per heavy atom. The van der Waals surface area contributed by atoms with Crippen molar-refractivity contribution < 1.29 is 5.11 Å². The van der Waals surface area contributed by atoms with Crippen LogP contribution in [0.1, 0.15) is 0 Å². The predicted molar refractivity (Wildman–Crippen MR) is 90.7 cm³/mol. The van der Waals surface area contributed by atoms with Crippen LogP contribution in [-0.2, 0) is 0 Å². The van der Waals surface area contributed by atoms with Gasteiger partial charge in [-0.2, -0.15) is 0 Å². The second kappa shape index (κ2) is 5.17. The summed E-state index contributed by atoms with van der Waals surface area (Å²) in [6.07, 6.45) is 3.63. The van der Waals surface area contributed by atoms with Crippen molar-refractivity contribution in [3.05, 3.63) is 36.0 Å². The average molecular weight is 307 g/mol. The van der Waals surface area contributed by atoms with E-state index in [1.54, 1.807) is 6.20 Å². The first-order valence-corrected chi connectivity index (χ1v) is 7.52. The molecule has 0 bridgehead atoms. The number of phenols is 1. The van der Waals surface area contributed by atoms with Gasteiger partial charge in [-0.25, -0.2) is 0 Å². The van der Waals surface area contributed by atoms with Gasteiger partial charge in [0.15, 0.2) is 0 Å². The fraction of sp³-hybridized carbons (Fsp3) is 0.235. The first-order chi connectivity index (χ1) is 11.2. The number of hydrogen-bond acceptors (Lipinski definition) is 5. The third-order valence-electron chi connectivity index (χ3n) is 4.10. The molecule has 2 N–H and O–H groups in total. The van der Waals surface area contributed by atoms with Gasteiger partial charge in [-0.1, -0.05) is 0 Å². The quantitative estimate of drug-likeness (QED) is 0.566. The molecule has 0 atom stereocenters. The van der Waals surface area contributed by atoms with Crippen LogP contribution in [0.5, 0.6) is 5.75 Å². The highest BCUT2D eigenvalue weighted by Crippen LogP contribution is 2.37. The van der Waals surface area contributed by atoms with Crippen LogP contribution in [0.15, 0.2) is 35.6 Å². The summed E-state index contributed by atoms with van der Waals surface area (Å²) in [5.74, 6) is 0.241. The fourth-order valence-corrected chi connectivity index (χ4v) is 2.96. The molecule has 0 saturated heterocycles. The number of nitrogens with one attached hydrogen (secondary N) is 1. The Hall–Kier alpha value is -2.73. The molecule has 0 fully saturated rings. The molecule has 0 aliphatic rings. The molecule has 0 spiro atoms. The lowest BCUT2D eigenvalue weighted by molar-refractivity contribution is 0.419. The zero-order valence-electron chi connectivity index (χ0n) is 13.0. The molecule has 0 aliphatic carbocycles. The van der Waals surface area contributed by atoms with Crippen molar-refractivity contribution in [3.63, 3.8) is 0 Å². The number of phenolic OH excluding ortho intramolecular Hbond substituents is 1. The molecule has 0 radical (unpaired) electrons. The Kier molecular flexibility index (Phi) is 3.12. The minimum atomic E-state index is 0.241. The number of aromatic amines is 1. The number of pyridine rings is 1. The summed E-state index contributed by atoms with van der Waals surface area (Å²) in [6, 6.07) is 5.67. The van der Waals surface area contributed by atoms with Crippen LogP contribution in [0.4, 0.5) is 0 Å². The van der Waals surface area contributed by atoms with Gasteiger partial charge in [0.05, 0.1) is 22.8 Å². The first kappa shape index (κ1) is 13.9. The fourth-order valence-electron chi connectivity index (χ4n) is 2.96. The maximum atomic E-state index is 10.8. The monoisotopic (exact) mass is 307 g/mol. The largest absolute Gasteiger partial charge is 0.507 e. The SMILES string of the molecule is CN(C)CCN=c1ccc2nnc3c4c[nH]ccc4c(O)c1c23. The molecule has 0 saturated carbocycles. The Balaban J connectivity index is 2.10. The molecular formula is C17H17N5O. The lowest BCUT2D eigenvalue weighted by Crippen LogP contribution is -2.17. The number of nitrogens with zero attached hydrogens (tertiary/aromatic N) is 4. The van der Waals surface area contributed by atoms with Crippen molar-refractivity contribution in [3.8, 4) is 5.75 Å². The molecule has 4 rings (SSSR count). The van der Waals surface area contributed by atoms with Crippen molar-refractivity contribution in [2.75, 3.05) is 27.2 Å². The summed E-state index contributed by atoms with van der Waals surface area (Å²) in [6.45, 7) is 1.53. The molecule has 23 heavy (non-hydrogen) atoms. The van der Waals surface area contributed by atoms with Gasteiger partial charge >= 0.3 is 0 Å². The second-order valence-corrected chi connectivity index (χ2v) is 5.91. The van der Waals surface area contributed by atoms with Crippen LogP contribution < -0.4 is 5.36 Å². The van der Waals surface area contributed by atoms with Crippen molar-refractivity contribution in [1.29, 1.82) is 0 Å². The van der Waals surface area contributed by atoms with Gasteiger partial charge in [0.1, 0.15) is 11.3 Å². The zero-order valence-corrected chi connectivity index (χ0v) is 13.0. The van der Waals surface area contributed by atoms with E-state index in [1.807, 2.05) is 38.5 Å². The maximum absolute atomic E-state index is 10.8. The first-order valence-electron chi connectivity index (χ1n) is 7.52. The Morgan fingerprint density at radius 2 is 2.00 bits per heavy atom. The van der Waals surface area contributed by atoms with Gasteiger partial charge in [0, 0.05) is 35.1 Å². The van der Waals surface area contributed by atoms with Gasteiger partial charge in [0.25, 0.3) is 0 Å². The number of benzene rings is 2. The summed E-state index contributed by atoms with van der Waals surface area (Å²) >= 11 is 0. The normalized spacial score (nSPS) is 13.1. The third kappa shape index (κ3) is 2.10. The summed E-state index contributed by atoms with van der Waals surface area (Å²) in [5.41, 5.74) is 1.58. The van der Waals surface area contributed by atoms with Gasteiger partial charge in [-0.15, -0.1) is 10.2 Å². The van der Waals surface area contributed by atoms with E-state index in [0.29, 0.717) is 6.54 Å². The molecule has 2 aromatic heterocycles. The highest BCUT2D eigenvalue weighted by molar-refractivity contribution is 6.22. The lowest BCUT2D eigenvalue weighted by atomic mass is 10.0. The number of H-pyrrole nitrogens is 1. The van der Waals surface area contributed by atoms with E-state index < -0.39 is 0 Å². The molecule has 2 aromatic carbocycles. The van der Waals surface area contributed by atoms with Crippen molar-refractivity contribution in [2.45, 2.75) is 0 Å². The van der Waals surface area contributed by atoms with Gasteiger partial charge in [0.2, 0.25) is 0 Å². The number of fused-ring (bicyclic) bond motifs is 2. The Morgan fingerprint density at radius 3 is 2.83 bits per heavy atom. The number of hydrogen-bond donors (Lipinski definition) is 2. The minimum absolute atomic E-state index is 0.241. The number of aromatic hydroxyl groups is 1. The predicted octanol–water partition coefficient (Wildman–Crippen LogP) is 1.87. The van der Waals surface area contributed by atoms with Crippen LogP contribution >= 0.6 is 0 Å². The number of likely N-dealkylation sites (N-methyl/N-ethyl adjacent to an activating group) is 1. The van der Waals surface area contributed by atoms with E-state index in [-0.39, 0.29) is 5.75 Å². The van der Waals surface area contributed by atoms with Crippen LogP contribution in [-0.4, -0.2) is 52.4 Å². The van der Waals surface area contributed by atoms with E-state index in [2.05, 4.69) is 25.1 Å². The molecule has 0 unspecified atom stereocenters. The molecule has 2 heterocycles. The highest BCUT2D eigenvalue weighted by atomic mass is 16.3. The minimum Gasteiger partial charge on any atom is -0.507 e. The topological polar surface area (TPSA) is 77.4 Å². The van der Waals surface area contributed by atoms with E-state index in [9.17, 15) is 5.11 Å². The molecule has 4 aromatic rings. The summed E-state index contributed by atoms with van der Waals surface area (Å²) in [7, 11) is 4.03. The molecule has 0 aliphatic heterocycles. The van der Waals surface area contributed by atoms with Gasteiger partial charge in [-0.05, 0) is 32.3 Å². The molecule has 116 valence electrons. The van der Waals surface area contributed by atoms with E-state index >= 15 is 0 Å². The standard InChI is InChI=1S/C17H17N5O/c1-22(2)8-7-19-12-3-4-13-14-15(12)17(23)10-5-6-18-9-11(10)16(14)21-20-13/h3-6,9,18,23H,7-8H2,1-2H3. The van der Waals surface area contributed by atoms with Crippen LogP contribution in [0, 0.1) is 0 Å². The van der Waals surface area contributed by atoms with Gasteiger partial charge in [-0.3, -0.25) is 4.99 Å². The van der Waals surface area contributed by atoms with Crippen molar-refractivity contribution in [1.82, 2.24) is 20.1 Å². The third-order valence-corrected chi connectivity index (χ3v) is 4.10. The summed E-state index contributed by atoms with van der Waals surface area (Å²) in [4.78, 5) is 9.79. The van der Waals surface area contributed by atoms with Crippen LogP contribution in [0.2, 0.25) is 0 Å². The molecule has 6 heteroatoms. The second-order valence-electron chi connectivity index (χ2n) is 5.91. The Labute approximate surface area is 132 Å². The molecule has 6 nitrogen and oxygen atoms in total. The summed E-state index contributed by atoms with van der Waals surface area (Å²) < 4.78 is 0. The molecular weight excluding hydrogens is 290 g/mol. The van der Waals surface area contributed by atoms with Crippen molar-refractivity contribution in [2.24, 2.45) is 4.99 Å². The molecule has 0 amide bonds. The van der Waals surface area contributed by atoms with E-state index in [4.69, 9.17) is 0 Å². The number of aromatic nitrogens is 3. The summed E-state index contributed by atoms with van der Waals surface area (Å²) in [5, 5.41) is 23.4. The van der Waals surface area contributed by atoms with E-state index in [0.717, 1.165) is 44.5 Å². The van der Waals surface area contributed by atoms with Crippen molar-refractivity contribution >= 4 is 32.6 Å². The zero-order chi connectivity index (χ0) is 16.0. The maximum Gasteiger partial charge on any atom is 0.133 e. The van der Waals surface area contributed by atoms with Crippen LogP contribution in [0.25, 0.3) is 32.6 Å². The lowest BCUT2D eigenvalue weighted by Gasteiger charge is -2.08. The highest BCUT2D eigenvalue weighted by Gasteiger charge is 2.17. The Bertz CT molecular complexity index is 1070. The average Bonchev–Trinajstić information content (AvgIpc) is 2.97. The smallest absolute Gasteiger partial charge is 0.133 e. The van der Waals surface area contributed by atoms with E-state index in [1.165, 1.54) is 0 Å². The van der Waals surface area contributed by atoms with Crippen LogP contribution in [0.3, 0.4) is 0 Å². The number of rotatable bonds is 3. The van der Waals surface area contributed by atoms with Gasteiger partial charge < -0.3 is 15.0 Å².